The Morgan fingerprint density at radius 3 is 3.09 bits per heavy atom. The molecule has 1 amide bonds. The number of amides is 1. The Bertz CT molecular complexity index is 281. The maximum atomic E-state index is 10.9. The van der Waals surface area contributed by atoms with Crippen LogP contribution in [0.2, 0.25) is 0 Å². The zero-order valence-electron chi connectivity index (χ0n) is 6.22. The Labute approximate surface area is 65.0 Å². The van der Waals surface area contributed by atoms with E-state index in [9.17, 15) is 4.79 Å². The van der Waals surface area contributed by atoms with Crippen molar-refractivity contribution in [3.05, 3.63) is 23.4 Å². The van der Waals surface area contributed by atoms with Gasteiger partial charge in [-0.15, -0.1) is 0 Å². The molecule has 0 saturated heterocycles. The highest BCUT2D eigenvalue weighted by molar-refractivity contribution is 5.81. The number of rotatable bonds is 0. The molecule has 1 aliphatic heterocycles. The van der Waals surface area contributed by atoms with Gasteiger partial charge in [0.05, 0.1) is 0 Å². The van der Waals surface area contributed by atoms with Crippen LogP contribution < -0.4 is 5.32 Å². The Balaban J connectivity index is 2.91. The fourth-order valence-electron chi connectivity index (χ4n) is 0.838. The van der Waals surface area contributed by atoms with Crippen molar-refractivity contribution in [3.8, 4) is 6.07 Å². The van der Waals surface area contributed by atoms with Crippen molar-refractivity contribution in [1.29, 1.82) is 5.26 Å². The summed E-state index contributed by atoms with van der Waals surface area (Å²) in [7, 11) is 0. The molecule has 3 nitrogen and oxygen atoms in total. The highest BCUT2D eigenvalue weighted by Crippen LogP contribution is 2.05. The van der Waals surface area contributed by atoms with E-state index in [1.54, 1.807) is 12.2 Å². The number of hydrogen-bond acceptors (Lipinski definition) is 2. The Hall–Kier alpha value is -1.56. The van der Waals surface area contributed by atoms with Gasteiger partial charge in [-0.1, -0.05) is 11.6 Å². The third-order valence-electron chi connectivity index (χ3n) is 1.38. The predicted molar refractivity (Wildman–Crippen MR) is 40.2 cm³/mol. The average molecular weight is 148 g/mol. The minimum atomic E-state index is -0.130. The van der Waals surface area contributed by atoms with E-state index >= 15 is 0 Å². The van der Waals surface area contributed by atoms with Crippen LogP contribution in [-0.4, -0.2) is 5.91 Å². The molecule has 0 aromatic carbocycles. The lowest BCUT2D eigenvalue weighted by molar-refractivity contribution is -0.119. The van der Waals surface area contributed by atoms with Crippen LogP contribution in [0.3, 0.4) is 0 Å². The molecule has 0 aromatic heterocycles. The Kier molecular flexibility index (Phi) is 2.07. The largest absolute Gasteiger partial charge is 0.317 e. The first-order valence-electron chi connectivity index (χ1n) is 3.31. The Morgan fingerprint density at radius 2 is 2.45 bits per heavy atom. The van der Waals surface area contributed by atoms with Gasteiger partial charge in [0, 0.05) is 6.42 Å². The summed E-state index contributed by atoms with van der Waals surface area (Å²) >= 11 is 0. The zero-order chi connectivity index (χ0) is 8.27. The summed E-state index contributed by atoms with van der Waals surface area (Å²) in [5.74, 6) is -0.130. The van der Waals surface area contributed by atoms with Crippen LogP contribution in [0.5, 0.6) is 0 Å². The normalized spacial score (nSPS) is 17.3. The molecule has 0 radical (unpaired) electrons. The molecule has 1 aliphatic rings. The smallest absolute Gasteiger partial charge is 0.228 e. The summed E-state index contributed by atoms with van der Waals surface area (Å²) in [6.07, 6.45) is 3.80. The second kappa shape index (κ2) is 3.02. The third-order valence-corrected chi connectivity index (χ3v) is 1.38. The van der Waals surface area contributed by atoms with Crippen molar-refractivity contribution < 1.29 is 4.79 Å². The second-order valence-corrected chi connectivity index (χ2v) is 2.37. The van der Waals surface area contributed by atoms with Gasteiger partial charge in [-0.25, -0.2) is 0 Å². The average Bonchev–Trinajstić information content (AvgIpc) is 2.13. The van der Waals surface area contributed by atoms with Crippen LogP contribution in [0, 0.1) is 11.3 Å². The first-order valence-corrected chi connectivity index (χ1v) is 3.31. The van der Waals surface area contributed by atoms with E-state index in [1.165, 1.54) is 0 Å². The number of carbonyl (C=O) groups excluding carboxylic acids is 1. The van der Waals surface area contributed by atoms with Crippen LogP contribution in [-0.2, 0) is 4.79 Å². The van der Waals surface area contributed by atoms with Gasteiger partial charge in [-0.05, 0) is 13.0 Å². The minimum Gasteiger partial charge on any atom is -0.317 e. The van der Waals surface area contributed by atoms with E-state index in [0.717, 1.165) is 5.57 Å². The summed E-state index contributed by atoms with van der Waals surface area (Å²) in [6, 6.07) is 1.89. The molecule has 0 saturated carbocycles. The lowest BCUT2D eigenvalue weighted by atomic mass is 10.2. The van der Waals surface area contributed by atoms with E-state index in [4.69, 9.17) is 5.26 Å². The monoisotopic (exact) mass is 148 g/mol. The van der Waals surface area contributed by atoms with Crippen LogP contribution in [0.25, 0.3) is 0 Å². The summed E-state index contributed by atoms with van der Waals surface area (Å²) in [5, 5.41) is 11.0. The van der Waals surface area contributed by atoms with Gasteiger partial charge in [0.15, 0.2) is 0 Å². The van der Waals surface area contributed by atoms with Crippen molar-refractivity contribution in [3.63, 3.8) is 0 Å². The molecule has 0 fully saturated rings. The summed E-state index contributed by atoms with van der Waals surface area (Å²) < 4.78 is 0. The van der Waals surface area contributed by atoms with Gasteiger partial charge >= 0.3 is 0 Å². The fraction of sp³-hybridized carbons (Fsp3) is 0.250. The molecular formula is C8H8N2O. The third kappa shape index (κ3) is 1.94. The number of nitrogens with one attached hydrogen (secondary N) is 1. The molecule has 3 heteroatoms. The molecule has 1 N–H and O–H groups in total. The van der Waals surface area contributed by atoms with Crippen molar-refractivity contribution in [1.82, 2.24) is 5.32 Å². The number of carbonyl (C=O) groups is 1. The second-order valence-electron chi connectivity index (χ2n) is 2.37. The molecule has 0 unspecified atom stereocenters. The molecule has 11 heavy (non-hydrogen) atoms. The van der Waals surface area contributed by atoms with Gasteiger partial charge in [0.2, 0.25) is 5.91 Å². The highest BCUT2D eigenvalue weighted by Gasteiger charge is 2.05. The highest BCUT2D eigenvalue weighted by atomic mass is 16.1. The number of hydrogen-bond donors (Lipinski definition) is 1. The molecule has 1 heterocycles. The van der Waals surface area contributed by atoms with E-state index in [1.807, 2.05) is 13.0 Å². The molecule has 0 bridgehead atoms. The van der Waals surface area contributed by atoms with Crippen LogP contribution >= 0.6 is 0 Å². The molecule has 56 valence electrons. The fourth-order valence-corrected chi connectivity index (χ4v) is 0.838. The first-order chi connectivity index (χ1) is 5.22. The van der Waals surface area contributed by atoms with Crippen molar-refractivity contribution in [2.75, 3.05) is 0 Å². The number of nitrogens with zero attached hydrogens (tertiary/aromatic N) is 1. The van der Waals surface area contributed by atoms with Gasteiger partial charge < -0.3 is 5.32 Å². The van der Waals surface area contributed by atoms with E-state index in [2.05, 4.69) is 5.32 Å². The van der Waals surface area contributed by atoms with E-state index < -0.39 is 0 Å². The lowest BCUT2D eigenvalue weighted by Crippen LogP contribution is -2.19. The van der Waals surface area contributed by atoms with Crippen molar-refractivity contribution in [2.24, 2.45) is 0 Å². The standard InChI is InChI=1S/C8H8N2O/c1-6-2-3-8(11)10-7(4-6)5-9/h2,4H,3H2,1H3,(H,10,11). The first kappa shape index (κ1) is 7.55. The van der Waals surface area contributed by atoms with Gasteiger partial charge in [-0.2, -0.15) is 5.26 Å². The van der Waals surface area contributed by atoms with Crippen LogP contribution in [0.4, 0.5) is 0 Å². The summed E-state index contributed by atoms with van der Waals surface area (Å²) in [4.78, 5) is 10.9. The maximum Gasteiger partial charge on any atom is 0.228 e. The molecule has 0 aliphatic carbocycles. The van der Waals surface area contributed by atoms with Gasteiger partial charge in [0.1, 0.15) is 11.8 Å². The minimum absolute atomic E-state index is 0.130. The maximum absolute atomic E-state index is 10.9. The number of allylic oxidation sites excluding steroid dienone is 3. The zero-order valence-corrected chi connectivity index (χ0v) is 6.22. The Morgan fingerprint density at radius 1 is 1.73 bits per heavy atom. The quantitative estimate of drug-likeness (QED) is 0.554. The number of nitriles is 1. The summed E-state index contributed by atoms with van der Waals surface area (Å²) in [5.41, 5.74) is 1.26. The van der Waals surface area contributed by atoms with Gasteiger partial charge in [0.25, 0.3) is 0 Å². The molecule has 1 rings (SSSR count). The molecule has 0 atom stereocenters. The van der Waals surface area contributed by atoms with E-state index in [-0.39, 0.29) is 5.91 Å². The molecule has 0 spiro atoms. The molecule has 0 aromatic rings. The predicted octanol–water partition coefficient (Wildman–Crippen LogP) is 0.860. The van der Waals surface area contributed by atoms with Gasteiger partial charge in [-0.3, -0.25) is 4.79 Å². The topological polar surface area (TPSA) is 52.9 Å². The lowest BCUT2D eigenvalue weighted by Gasteiger charge is -1.95. The van der Waals surface area contributed by atoms with Crippen LogP contribution in [0.1, 0.15) is 13.3 Å². The van der Waals surface area contributed by atoms with Crippen molar-refractivity contribution in [2.45, 2.75) is 13.3 Å². The van der Waals surface area contributed by atoms with Crippen LogP contribution in [0.15, 0.2) is 23.4 Å². The SMILES string of the molecule is CC1=CCC(=O)NC(C#N)=C1. The van der Waals surface area contributed by atoms with Crippen molar-refractivity contribution >= 4 is 5.91 Å². The van der Waals surface area contributed by atoms with E-state index in [0.29, 0.717) is 12.1 Å². The summed E-state index contributed by atoms with van der Waals surface area (Å²) in [6.45, 7) is 1.86. The molecular weight excluding hydrogens is 140 g/mol.